The summed E-state index contributed by atoms with van der Waals surface area (Å²) in [5, 5.41) is 10.7. The van der Waals surface area contributed by atoms with Crippen molar-refractivity contribution < 1.29 is 9.18 Å². The average molecular weight is 225 g/mol. The first-order valence-electron chi connectivity index (χ1n) is 3.90. The second-order valence-corrected chi connectivity index (χ2v) is 3.09. The molecule has 15 heavy (non-hydrogen) atoms. The lowest BCUT2D eigenvalue weighted by atomic mass is 10.2. The van der Waals surface area contributed by atoms with Gasteiger partial charge in [-0.3, -0.25) is 4.79 Å². The molecule has 0 fully saturated rings. The first kappa shape index (κ1) is 11.2. The molecule has 0 spiro atoms. The molecule has 1 aromatic rings. The molecule has 0 aliphatic heterocycles. The Bertz CT molecular complexity index is 465. The molecule has 0 saturated carbocycles. The number of benzene rings is 1. The molecule has 5 heteroatoms. The van der Waals surface area contributed by atoms with Gasteiger partial charge >= 0.3 is 0 Å². The van der Waals surface area contributed by atoms with Gasteiger partial charge in [-0.1, -0.05) is 24.2 Å². The number of carbonyl (C=O) groups is 1. The fraction of sp³-hybridized carbons (Fsp3) is 0. The van der Waals surface area contributed by atoms with Crippen molar-refractivity contribution >= 4 is 23.2 Å². The van der Waals surface area contributed by atoms with Crippen LogP contribution in [0.3, 0.4) is 0 Å². The van der Waals surface area contributed by atoms with Crippen molar-refractivity contribution in [3.8, 4) is 6.07 Å². The fourth-order valence-electron chi connectivity index (χ4n) is 0.932. The van der Waals surface area contributed by atoms with Gasteiger partial charge in [0.25, 0.3) is 5.91 Å². The maximum absolute atomic E-state index is 13.1. The monoisotopic (exact) mass is 224 g/mol. The number of nitrogens with one attached hydrogen (secondary N) is 1. The molecule has 3 nitrogen and oxygen atoms in total. The van der Waals surface area contributed by atoms with E-state index in [1.165, 1.54) is 12.1 Å². The number of halogens is 2. The van der Waals surface area contributed by atoms with Crippen LogP contribution in [0.2, 0.25) is 0 Å². The van der Waals surface area contributed by atoms with Crippen LogP contribution in [0.4, 0.5) is 10.1 Å². The number of nitrogens with zero attached hydrogens (tertiary/aromatic N) is 1. The molecule has 0 aromatic heterocycles. The van der Waals surface area contributed by atoms with Crippen molar-refractivity contribution in [3.63, 3.8) is 0 Å². The van der Waals surface area contributed by atoms with Crippen LogP contribution in [-0.4, -0.2) is 5.91 Å². The van der Waals surface area contributed by atoms with Gasteiger partial charge in [-0.25, -0.2) is 4.39 Å². The van der Waals surface area contributed by atoms with Gasteiger partial charge in [-0.15, -0.1) is 0 Å². The SMILES string of the molecule is C=C(Cl)C(=O)Nc1cccc(F)c1C#N. The summed E-state index contributed by atoms with van der Waals surface area (Å²) in [5.74, 6) is -1.37. The van der Waals surface area contributed by atoms with Crippen LogP contribution >= 0.6 is 11.6 Å². The number of rotatable bonds is 2. The van der Waals surface area contributed by atoms with Crippen LogP contribution in [0.25, 0.3) is 0 Å². The second-order valence-electron chi connectivity index (χ2n) is 2.63. The molecular formula is C10H6ClFN2O. The Labute approximate surface area is 90.8 Å². The molecule has 0 saturated heterocycles. The zero-order chi connectivity index (χ0) is 11.4. The highest BCUT2D eigenvalue weighted by molar-refractivity contribution is 6.43. The van der Waals surface area contributed by atoms with Gasteiger partial charge in [0.05, 0.1) is 10.7 Å². The molecule has 0 bridgehead atoms. The van der Waals surface area contributed by atoms with Crippen molar-refractivity contribution in [1.82, 2.24) is 0 Å². The minimum Gasteiger partial charge on any atom is -0.320 e. The van der Waals surface area contributed by atoms with Crippen LogP contribution in [0.1, 0.15) is 5.56 Å². The van der Waals surface area contributed by atoms with Crippen molar-refractivity contribution in [2.75, 3.05) is 5.32 Å². The van der Waals surface area contributed by atoms with Crippen molar-refractivity contribution in [2.24, 2.45) is 0 Å². The van der Waals surface area contributed by atoms with Crippen molar-refractivity contribution in [2.45, 2.75) is 0 Å². The summed E-state index contributed by atoms with van der Waals surface area (Å²) >= 11 is 5.33. The normalized spacial score (nSPS) is 9.13. The van der Waals surface area contributed by atoms with Crippen LogP contribution in [0, 0.1) is 17.1 Å². The highest BCUT2D eigenvalue weighted by Crippen LogP contribution is 2.18. The third kappa shape index (κ3) is 2.55. The molecular weight excluding hydrogens is 219 g/mol. The smallest absolute Gasteiger partial charge is 0.266 e. The van der Waals surface area contributed by atoms with Crippen LogP contribution in [-0.2, 0) is 4.79 Å². The van der Waals surface area contributed by atoms with Crippen LogP contribution in [0.15, 0.2) is 29.8 Å². The Hall–Kier alpha value is -1.86. The van der Waals surface area contributed by atoms with E-state index in [0.29, 0.717) is 0 Å². The van der Waals surface area contributed by atoms with Gasteiger partial charge in [0.2, 0.25) is 0 Å². The quantitative estimate of drug-likeness (QED) is 0.785. The molecule has 0 unspecified atom stereocenters. The maximum Gasteiger partial charge on any atom is 0.266 e. The minimum atomic E-state index is -0.699. The predicted octanol–water partition coefficient (Wildman–Crippen LogP) is 2.39. The van der Waals surface area contributed by atoms with Gasteiger partial charge in [0, 0.05) is 0 Å². The summed E-state index contributed by atoms with van der Waals surface area (Å²) in [6.45, 7) is 3.21. The minimum absolute atomic E-state index is 0.0734. The van der Waals surface area contributed by atoms with Gasteiger partial charge in [-0.2, -0.15) is 5.26 Å². The lowest BCUT2D eigenvalue weighted by molar-refractivity contribution is -0.112. The largest absolute Gasteiger partial charge is 0.320 e. The molecule has 0 heterocycles. The van der Waals surface area contributed by atoms with Crippen molar-refractivity contribution in [3.05, 3.63) is 41.2 Å². The Balaban J connectivity index is 3.06. The van der Waals surface area contributed by atoms with Crippen LogP contribution < -0.4 is 5.32 Å². The fourth-order valence-corrected chi connectivity index (χ4v) is 0.979. The molecule has 0 atom stereocenters. The van der Waals surface area contributed by atoms with E-state index in [1.807, 2.05) is 0 Å². The van der Waals surface area contributed by atoms with Gasteiger partial charge in [0.15, 0.2) is 0 Å². The lowest BCUT2D eigenvalue weighted by Crippen LogP contribution is -2.12. The number of nitriles is 1. The highest BCUT2D eigenvalue weighted by atomic mass is 35.5. The number of hydrogen-bond acceptors (Lipinski definition) is 2. The standard InChI is InChI=1S/C10H6ClFN2O/c1-6(11)10(15)14-9-4-2-3-8(12)7(9)5-13/h2-4H,1H2,(H,14,15). The molecule has 0 radical (unpaired) electrons. The number of anilines is 1. The topological polar surface area (TPSA) is 52.9 Å². The molecule has 0 aliphatic carbocycles. The second kappa shape index (κ2) is 4.58. The third-order valence-electron chi connectivity index (χ3n) is 1.62. The van der Waals surface area contributed by atoms with E-state index in [1.54, 1.807) is 6.07 Å². The first-order valence-corrected chi connectivity index (χ1v) is 4.28. The van der Waals surface area contributed by atoms with Gasteiger partial charge in [-0.05, 0) is 12.1 Å². The van der Waals surface area contributed by atoms with E-state index in [0.717, 1.165) is 6.07 Å². The highest BCUT2D eigenvalue weighted by Gasteiger charge is 2.11. The van der Waals surface area contributed by atoms with E-state index in [4.69, 9.17) is 16.9 Å². The zero-order valence-electron chi connectivity index (χ0n) is 7.55. The predicted molar refractivity (Wildman–Crippen MR) is 54.7 cm³/mol. The molecule has 1 N–H and O–H groups in total. The third-order valence-corrected chi connectivity index (χ3v) is 1.79. The van der Waals surface area contributed by atoms with E-state index in [9.17, 15) is 9.18 Å². The number of hydrogen-bond donors (Lipinski definition) is 1. The van der Waals surface area contributed by atoms with Crippen molar-refractivity contribution in [1.29, 1.82) is 5.26 Å². The van der Waals surface area contributed by atoms with Gasteiger partial charge in [0.1, 0.15) is 17.4 Å². The van der Waals surface area contributed by atoms with Gasteiger partial charge < -0.3 is 5.32 Å². The Morgan fingerprint density at radius 2 is 2.27 bits per heavy atom. The summed E-state index contributed by atoms with van der Waals surface area (Å²) < 4.78 is 13.1. The number of carbonyl (C=O) groups excluding carboxylic acids is 1. The zero-order valence-corrected chi connectivity index (χ0v) is 8.31. The Kier molecular flexibility index (Phi) is 3.42. The Morgan fingerprint density at radius 1 is 1.60 bits per heavy atom. The maximum atomic E-state index is 13.1. The summed E-state index contributed by atoms with van der Waals surface area (Å²) in [4.78, 5) is 11.1. The van der Waals surface area contributed by atoms with E-state index < -0.39 is 11.7 Å². The average Bonchev–Trinajstić information content (AvgIpc) is 2.18. The summed E-state index contributed by atoms with van der Waals surface area (Å²) in [6.07, 6.45) is 0. The molecule has 0 aliphatic rings. The molecule has 1 amide bonds. The Morgan fingerprint density at radius 3 is 2.80 bits per heavy atom. The first-order chi connectivity index (χ1) is 7.06. The molecule has 1 rings (SSSR count). The molecule has 76 valence electrons. The van der Waals surface area contributed by atoms with E-state index in [-0.39, 0.29) is 16.3 Å². The van der Waals surface area contributed by atoms with E-state index in [2.05, 4.69) is 11.9 Å². The summed E-state index contributed by atoms with van der Waals surface area (Å²) in [7, 11) is 0. The summed E-state index contributed by atoms with van der Waals surface area (Å²) in [5.41, 5.74) is -0.159. The van der Waals surface area contributed by atoms with Crippen LogP contribution in [0.5, 0.6) is 0 Å². The van der Waals surface area contributed by atoms with E-state index >= 15 is 0 Å². The molecule has 1 aromatic carbocycles. The summed E-state index contributed by atoms with van der Waals surface area (Å²) in [6, 6.07) is 5.55. The number of amides is 1. The lowest BCUT2D eigenvalue weighted by Gasteiger charge is -2.05.